The summed E-state index contributed by atoms with van der Waals surface area (Å²) in [6.07, 6.45) is 1.31. The summed E-state index contributed by atoms with van der Waals surface area (Å²) in [5.41, 5.74) is 2.04. The molecule has 0 spiro atoms. The van der Waals surface area contributed by atoms with Gasteiger partial charge in [-0.15, -0.1) is 0 Å². The van der Waals surface area contributed by atoms with Crippen molar-refractivity contribution in [3.05, 3.63) is 35.1 Å². The molecular formula is C13H16FNO2. The van der Waals surface area contributed by atoms with Gasteiger partial charge in [0.25, 0.3) is 0 Å². The van der Waals surface area contributed by atoms with E-state index in [0.29, 0.717) is 19.5 Å². The second-order valence-electron chi connectivity index (χ2n) is 4.40. The van der Waals surface area contributed by atoms with E-state index in [0.717, 1.165) is 17.5 Å². The molecule has 0 aliphatic carbocycles. The highest BCUT2D eigenvalue weighted by Crippen LogP contribution is 2.22. The Bertz CT molecular complexity index is 433. The van der Waals surface area contributed by atoms with Crippen LogP contribution in [0.25, 0.3) is 0 Å². The van der Waals surface area contributed by atoms with Crippen LogP contribution in [0.5, 0.6) is 0 Å². The number of nitrogens with zero attached hydrogens (tertiary/aromatic N) is 1. The number of carbonyl (C=O) groups is 1. The van der Waals surface area contributed by atoms with E-state index in [9.17, 15) is 9.18 Å². The van der Waals surface area contributed by atoms with Crippen LogP contribution in [-0.2, 0) is 17.8 Å². The van der Waals surface area contributed by atoms with E-state index >= 15 is 0 Å². The Morgan fingerprint density at radius 2 is 2.29 bits per heavy atom. The number of rotatable bonds is 3. The molecule has 4 heteroatoms. The normalized spacial score (nSPS) is 17.5. The van der Waals surface area contributed by atoms with E-state index in [4.69, 9.17) is 5.11 Å². The van der Waals surface area contributed by atoms with Crippen molar-refractivity contribution < 1.29 is 14.3 Å². The summed E-state index contributed by atoms with van der Waals surface area (Å²) < 4.78 is 13.0. The van der Waals surface area contributed by atoms with Gasteiger partial charge in [0.05, 0.1) is 0 Å². The quantitative estimate of drug-likeness (QED) is 0.874. The van der Waals surface area contributed by atoms with Crippen LogP contribution >= 0.6 is 0 Å². The van der Waals surface area contributed by atoms with Gasteiger partial charge in [-0.25, -0.2) is 4.39 Å². The smallest absolute Gasteiger partial charge is 0.320 e. The lowest BCUT2D eigenvalue weighted by molar-refractivity contribution is -0.143. The van der Waals surface area contributed by atoms with Gasteiger partial charge in [-0.1, -0.05) is 13.0 Å². The minimum Gasteiger partial charge on any atom is -0.480 e. The predicted octanol–water partition coefficient (Wildman–Crippen LogP) is 2.05. The van der Waals surface area contributed by atoms with Crippen molar-refractivity contribution >= 4 is 5.97 Å². The van der Waals surface area contributed by atoms with Crippen LogP contribution in [0.4, 0.5) is 4.39 Å². The van der Waals surface area contributed by atoms with Crippen molar-refractivity contribution in [2.45, 2.75) is 32.4 Å². The first kappa shape index (κ1) is 12.0. The van der Waals surface area contributed by atoms with Gasteiger partial charge in [0.15, 0.2) is 0 Å². The lowest BCUT2D eigenvalue weighted by Crippen LogP contribution is -2.43. The number of hydrogen-bond donors (Lipinski definition) is 1. The Morgan fingerprint density at radius 3 is 2.94 bits per heavy atom. The number of halogens is 1. The minimum atomic E-state index is -0.780. The molecule has 1 heterocycles. The third kappa shape index (κ3) is 2.47. The first-order valence-corrected chi connectivity index (χ1v) is 5.86. The van der Waals surface area contributed by atoms with Crippen molar-refractivity contribution in [1.82, 2.24) is 4.90 Å². The van der Waals surface area contributed by atoms with Crippen molar-refractivity contribution in [2.24, 2.45) is 0 Å². The van der Waals surface area contributed by atoms with Crippen LogP contribution in [0.3, 0.4) is 0 Å². The summed E-state index contributed by atoms with van der Waals surface area (Å²) in [6, 6.07) is 4.30. The number of benzene rings is 1. The van der Waals surface area contributed by atoms with Crippen LogP contribution in [0.1, 0.15) is 24.5 Å². The molecule has 0 saturated heterocycles. The summed E-state index contributed by atoms with van der Waals surface area (Å²) in [4.78, 5) is 13.0. The van der Waals surface area contributed by atoms with Crippen LogP contribution in [-0.4, -0.2) is 28.6 Å². The maximum atomic E-state index is 13.0. The number of carboxylic acid groups (broad SMARTS) is 1. The minimum absolute atomic E-state index is 0.220. The molecule has 0 saturated carbocycles. The average molecular weight is 237 g/mol. The second-order valence-corrected chi connectivity index (χ2v) is 4.40. The van der Waals surface area contributed by atoms with Crippen LogP contribution in [0.15, 0.2) is 18.2 Å². The Hall–Kier alpha value is -1.42. The first-order valence-electron chi connectivity index (χ1n) is 5.86. The number of carboxylic acids is 1. The lowest BCUT2D eigenvalue weighted by Gasteiger charge is -2.32. The third-order valence-electron chi connectivity index (χ3n) is 3.32. The molecular weight excluding hydrogens is 221 g/mol. The summed E-state index contributed by atoms with van der Waals surface area (Å²) in [5, 5.41) is 9.12. The molecule has 3 nitrogen and oxygen atoms in total. The first-order chi connectivity index (χ1) is 8.11. The summed E-state index contributed by atoms with van der Waals surface area (Å²) in [5.74, 6) is -1.000. The average Bonchev–Trinajstić information content (AvgIpc) is 2.29. The zero-order chi connectivity index (χ0) is 12.4. The molecule has 1 unspecified atom stereocenters. The summed E-state index contributed by atoms with van der Waals surface area (Å²) in [7, 11) is 0. The molecule has 92 valence electrons. The molecule has 1 atom stereocenters. The SMILES string of the molecule is CCC(C(=O)O)N1CCc2cc(F)ccc2C1. The summed E-state index contributed by atoms with van der Waals surface area (Å²) >= 11 is 0. The van der Waals surface area contributed by atoms with Gasteiger partial charge in [-0.05, 0) is 36.1 Å². The number of fused-ring (bicyclic) bond motifs is 1. The zero-order valence-electron chi connectivity index (χ0n) is 9.82. The van der Waals surface area contributed by atoms with Gasteiger partial charge in [0, 0.05) is 13.1 Å². The molecule has 0 radical (unpaired) electrons. The van der Waals surface area contributed by atoms with Crippen molar-refractivity contribution in [3.8, 4) is 0 Å². The van der Waals surface area contributed by atoms with Crippen molar-refractivity contribution in [2.75, 3.05) is 6.54 Å². The molecule has 0 bridgehead atoms. The second kappa shape index (κ2) is 4.84. The molecule has 0 fully saturated rings. The Balaban J connectivity index is 2.18. The summed E-state index contributed by atoms with van der Waals surface area (Å²) in [6.45, 7) is 3.15. The fourth-order valence-electron chi connectivity index (χ4n) is 2.40. The zero-order valence-corrected chi connectivity index (χ0v) is 9.82. The predicted molar refractivity (Wildman–Crippen MR) is 62.2 cm³/mol. The molecule has 0 amide bonds. The highest BCUT2D eigenvalue weighted by Gasteiger charge is 2.27. The van der Waals surface area contributed by atoms with Gasteiger partial charge in [0.1, 0.15) is 11.9 Å². The highest BCUT2D eigenvalue weighted by molar-refractivity contribution is 5.73. The number of hydrogen-bond acceptors (Lipinski definition) is 2. The molecule has 1 aliphatic rings. The molecule has 1 aromatic carbocycles. The molecule has 1 aliphatic heterocycles. The van der Waals surface area contributed by atoms with E-state index in [2.05, 4.69) is 0 Å². The molecule has 1 N–H and O–H groups in total. The van der Waals surface area contributed by atoms with Crippen molar-refractivity contribution in [3.63, 3.8) is 0 Å². The van der Waals surface area contributed by atoms with E-state index < -0.39 is 12.0 Å². The van der Waals surface area contributed by atoms with Gasteiger partial charge in [-0.2, -0.15) is 0 Å². The maximum Gasteiger partial charge on any atom is 0.320 e. The largest absolute Gasteiger partial charge is 0.480 e. The van der Waals surface area contributed by atoms with E-state index in [1.165, 1.54) is 6.07 Å². The Labute approximate surface area is 99.9 Å². The maximum absolute atomic E-state index is 13.0. The van der Waals surface area contributed by atoms with Crippen LogP contribution < -0.4 is 0 Å². The monoisotopic (exact) mass is 237 g/mol. The van der Waals surface area contributed by atoms with Crippen molar-refractivity contribution in [1.29, 1.82) is 0 Å². The number of aliphatic carboxylic acids is 1. The van der Waals surface area contributed by atoms with Crippen LogP contribution in [0, 0.1) is 5.82 Å². The van der Waals surface area contributed by atoms with E-state index in [-0.39, 0.29) is 5.82 Å². The van der Waals surface area contributed by atoms with Gasteiger partial charge >= 0.3 is 5.97 Å². The molecule has 2 rings (SSSR count). The Morgan fingerprint density at radius 1 is 1.53 bits per heavy atom. The van der Waals surface area contributed by atoms with Gasteiger partial charge < -0.3 is 5.11 Å². The fourth-order valence-corrected chi connectivity index (χ4v) is 2.40. The van der Waals surface area contributed by atoms with Gasteiger partial charge in [0.2, 0.25) is 0 Å². The lowest BCUT2D eigenvalue weighted by atomic mass is 9.98. The molecule has 0 aromatic heterocycles. The molecule has 1 aromatic rings. The fraction of sp³-hybridized carbons (Fsp3) is 0.462. The molecule has 17 heavy (non-hydrogen) atoms. The van der Waals surface area contributed by atoms with Gasteiger partial charge in [-0.3, -0.25) is 9.69 Å². The Kier molecular flexibility index (Phi) is 3.43. The van der Waals surface area contributed by atoms with E-state index in [1.54, 1.807) is 12.1 Å². The third-order valence-corrected chi connectivity index (χ3v) is 3.32. The highest BCUT2D eigenvalue weighted by atomic mass is 19.1. The van der Waals surface area contributed by atoms with Crippen LogP contribution in [0.2, 0.25) is 0 Å². The standard InChI is InChI=1S/C13H16FNO2/c1-2-12(13(16)17)15-6-5-9-7-11(14)4-3-10(9)8-15/h3-4,7,12H,2,5-6,8H2,1H3,(H,16,17). The van der Waals surface area contributed by atoms with E-state index in [1.807, 2.05) is 11.8 Å². The topological polar surface area (TPSA) is 40.5 Å².